The molecule has 1 heterocycles. The molecule has 2 nitrogen and oxygen atoms in total. The van der Waals surface area contributed by atoms with Crippen LogP contribution < -0.4 is 0 Å². The van der Waals surface area contributed by atoms with Crippen LogP contribution in [-0.2, 0) is 9.84 Å². The van der Waals surface area contributed by atoms with Crippen LogP contribution in [0.2, 0.25) is 0 Å². The Labute approximate surface area is 64.5 Å². The fourth-order valence-corrected chi connectivity index (χ4v) is 2.72. The van der Waals surface area contributed by atoms with Gasteiger partial charge in [0.05, 0.1) is 11.5 Å². The monoisotopic (exact) mass is 184 g/mol. The lowest BCUT2D eigenvalue weighted by Crippen LogP contribution is -2.19. The maximum atomic E-state index is 12.6. The first-order valence-corrected chi connectivity index (χ1v) is 5.30. The van der Waals surface area contributed by atoms with Gasteiger partial charge in [-0.1, -0.05) is 0 Å². The lowest BCUT2D eigenvalue weighted by molar-refractivity contribution is 0.287. The molecule has 0 aromatic heterocycles. The predicted octanol–water partition coefficient (Wildman–Crippen LogP) is 0.871. The van der Waals surface area contributed by atoms with E-state index in [1.165, 1.54) is 0 Å². The first kappa shape index (κ1) is 8.90. The van der Waals surface area contributed by atoms with Crippen molar-refractivity contribution in [3.8, 4) is 0 Å². The van der Waals surface area contributed by atoms with Crippen LogP contribution in [0.3, 0.4) is 0 Å². The minimum absolute atomic E-state index is 0.0282. The van der Waals surface area contributed by atoms with Gasteiger partial charge in [-0.3, -0.25) is 0 Å². The van der Waals surface area contributed by atoms with Gasteiger partial charge in [0.1, 0.15) is 12.3 Å². The molecule has 2 atom stereocenters. The van der Waals surface area contributed by atoms with Crippen LogP contribution in [0.25, 0.3) is 0 Å². The van der Waals surface area contributed by atoms with Gasteiger partial charge in [-0.25, -0.2) is 17.2 Å². The van der Waals surface area contributed by atoms with Gasteiger partial charge in [0.2, 0.25) is 0 Å². The molecule has 0 saturated carbocycles. The maximum Gasteiger partial charge on any atom is 0.156 e. The predicted molar refractivity (Wildman–Crippen MR) is 37.7 cm³/mol. The van der Waals surface area contributed by atoms with Gasteiger partial charge in [-0.2, -0.15) is 0 Å². The van der Waals surface area contributed by atoms with Crippen LogP contribution >= 0.6 is 0 Å². The van der Waals surface area contributed by atoms with Crippen LogP contribution in [0.5, 0.6) is 0 Å². The molecule has 0 amide bonds. The molecule has 1 aliphatic heterocycles. The number of hydrogen-bond acceptors (Lipinski definition) is 2. The second-order valence-corrected chi connectivity index (χ2v) is 5.00. The second-order valence-electron chi connectivity index (χ2n) is 2.85. The normalized spacial score (nSPS) is 38.0. The van der Waals surface area contributed by atoms with Gasteiger partial charge in [-0.05, 0) is 12.8 Å². The molecule has 1 fully saturated rings. The van der Waals surface area contributed by atoms with Gasteiger partial charge in [0.15, 0.2) is 9.84 Å². The number of halogens is 2. The molecule has 0 radical (unpaired) electrons. The van der Waals surface area contributed by atoms with E-state index in [0.29, 0.717) is 0 Å². The highest BCUT2D eigenvalue weighted by Crippen LogP contribution is 2.17. The highest BCUT2D eigenvalue weighted by molar-refractivity contribution is 7.91. The van der Waals surface area contributed by atoms with Crippen LogP contribution in [0, 0.1) is 0 Å². The SMILES string of the molecule is O=S1(=O)CC(F)CCC(F)C1. The number of sulfone groups is 1. The molecule has 1 aliphatic rings. The summed E-state index contributed by atoms with van der Waals surface area (Å²) in [4.78, 5) is 0. The molecular formula is C6H10F2O2S. The van der Waals surface area contributed by atoms with E-state index in [4.69, 9.17) is 0 Å². The number of alkyl halides is 2. The molecule has 2 unspecified atom stereocenters. The minimum Gasteiger partial charge on any atom is -0.246 e. The van der Waals surface area contributed by atoms with Crippen molar-refractivity contribution in [1.82, 2.24) is 0 Å². The lowest BCUT2D eigenvalue weighted by atomic mass is 10.2. The Kier molecular flexibility index (Phi) is 2.47. The van der Waals surface area contributed by atoms with Crippen molar-refractivity contribution >= 4 is 9.84 Å². The van der Waals surface area contributed by atoms with Crippen LogP contribution in [0.1, 0.15) is 12.8 Å². The van der Waals surface area contributed by atoms with Gasteiger partial charge < -0.3 is 0 Å². The van der Waals surface area contributed by atoms with Crippen molar-refractivity contribution < 1.29 is 17.2 Å². The third-order valence-corrected chi connectivity index (χ3v) is 3.40. The Hall–Kier alpha value is -0.190. The Morgan fingerprint density at radius 1 is 1.00 bits per heavy atom. The topological polar surface area (TPSA) is 34.1 Å². The van der Waals surface area contributed by atoms with Crippen molar-refractivity contribution in [2.75, 3.05) is 11.5 Å². The first-order chi connectivity index (χ1) is 4.99. The summed E-state index contributed by atoms with van der Waals surface area (Å²) < 4.78 is 46.8. The van der Waals surface area contributed by atoms with Gasteiger partial charge >= 0.3 is 0 Å². The summed E-state index contributed by atoms with van der Waals surface area (Å²) in [6.07, 6.45) is -2.69. The lowest BCUT2D eigenvalue weighted by Gasteiger charge is -2.00. The summed E-state index contributed by atoms with van der Waals surface area (Å²) in [6, 6.07) is 0. The number of hydrogen-bond donors (Lipinski definition) is 0. The quantitative estimate of drug-likeness (QED) is 0.560. The molecule has 0 spiro atoms. The maximum absolute atomic E-state index is 12.6. The van der Waals surface area contributed by atoms with Crippen LogP contribution in [-0.4, -0.2) is 32.3 Å². The molecular weight excluding hydrogens is 174 g/mol. The van der Waals surface area contributed by atoms with E-state index in [0.717, 1.165) is 0 Å². The summed E-state index contributed by atoms with van der Waals surface area (Å²) in [6.45, 7) is 0. The van der Waals surface area contributed by atoms with E-state index >= 15 is 0 Å². The van der Waals surface area contributed by atoms with Crippen LogP contribution in [0.4, 0.5) is 8.78 Å². The fraction of sp³-hybridized carbons (Fsp3) is 1.00. The first-order valence-electron chi connectivity index (χ1n) is 3.48. The zero-order valence-corrected chi connectivity index (χ0v) is 6.78. The molecule has 1 saturated heterocycles. The molecule has 66 valence electrons. The Morgan fingerprint density at radius 2 is 1.36 bits per heavy atom. The Bertz CT molecular complexity index is 207. The smallest absolute Gasteiger partial charge is 0.156 e. The van der Waals surface area contributed by atoms with Crippen LogP contribution in [0.15, 0.2) is 0 Å². The summed E-state index contributed by atoms with van der Waals surface area (Å²) in [7, 11) is -3.47. The third-order valence-electron chi connectivity index (χ3n) is 1.66. The van der Waals surface area contributed by atoms with Crippen molar-refractivity contribution in [2.24, 2.45) is 0 Å². The molecule has 0 N–H and O–H groups in total. The summed E-state index contributed by atoms with van der Waals surface area (Å²) in [5.74, 6) is -1.01. The highest BCUT2D eigenvalue weighted by atomic mass is 32.2. The van der Waals surface area contributed by atoms with Crippen molar-refractivity contribution in [3.63, 3.8) is 0 Å². The van der Waals surface area contributed by atoms with E-state index in [2.05, 4.69) is 0 Å². The van der Waals surface area contributed by atoms with Crippen molar-refractivity contribution in [3.05, 3.63) is 0 Å². The molecule has 0 aromatic rings. The Morgan fingerprint density at radius 3 is 1.73 bits per heavy atom. The zero-order valence-electron chi connectivity index (χ0n) is 5.96. The molecule has 11 heavy (non-hydrogen) atoms. The molecule has 0 bridgehead atoms. The Balaban J connectivity index is 2.71. The van der Waals surface area contributed by atoms with E-state index in [9.17, 15) is 17.2 Å². The highest BCUT2D eigenvalue weighted by Gasteiger charge is 2.28. The average molecular weight is 184 g/mol. The third kappa shape index (κ3) is 2.73. The summed E-state index contributed by atoms with van der Waals surface area (Å²) >= 11 is 0. The van der Waals surface area contributed by atoms with Crippen molar-refractivity contribution in [1.29, 1.82) is 0 Å². The summed E-state index contributed by atoms with van der Waals surface area (Å²) in [5.41, 5.74) is 0. The molecule has 0 aliphatic carbocycles. The molecule has 1 rings (SSSR count). The standard InChI is InChI=1S/C6H10F2O2S/c7-5-1-2-6(8)4-11(9,10)3-5/h5-6H,1-4H2. The minimum atomic E-state index is -3.47. The van der Waals surface area contributed by atoms with Gasteiger partial charge in [0, 0.05) is 0 Å². The molecule has 5 heteroatoms. The van der Waals surface area contributed by atoms with Crippen molar-refractivity contribution in [2.45, 2.75) is 25.2 Å². The van der Waals surface area contributed by atoms with Gasteiger partial charge in [-0.15, -0.1) is 0 Å². The fourth-order valence-electron chi connectivity index (χ4n) is 1.15. The van der Waals surface area contributed by atoms with E-state index < -0.39 is 33.7 Å². The number of rotatable bonds is 0. The second kappa shape index (κ2) is 3.05. The summed E-state index contributed by atoms with van der Waals surface area (Å²) in [5, 5.41) is 0. The van der Waals surface area contributed by atoms with E-state index in [1.54, 1.807) is 0 Å². The van der Waals surface area contributed by atoms with E-state index in [1.807, 2.05) is 0 Å². The average Bonchev–Trinajstić information content (AvgIpc) is 1.89. The van der Waals surface area contributed by atoms with Gasteiger partial charge in [0.25, 0.3) is 0 Å². The zero-order chi connectivity index (χ0) is 8.48. The largest absolute Gasteiger partial charge is 0.246 e. The molecule has 0 aromatic carbocycles. The van der Waals surface area contributed by atoms with E-state index in [-0.39, 0.29) is 12.8 Å².